The van der Waals surface area contributed by atoms with Crippen molar-refractivity contribution in [3.63, 3.8) is 0 Å². The number of fused-ring (bicyclic) bond motifs is 1. The van der Waals surface area contributed by atoms with Crippen molar-refractivity contribution in [2.45, 2.75) is 38.1 Å². The molecule has 1 atom stereocenters. The van der Waals surface area contributed by atoms with Crippen LogP contribution in [0.3, 0.4) is 0 Å². The van der Waals surface area contributed by atoms with Crippen LogP contribution in [0.1, 0.15) is 30.4 Å². The van der Waals surface area contributed by atoms with Gasteiger partial charge in [-0.2, -0.15) is 0 Å². The molecule has 1 saturated heterocycles. The van der Waals surface area contributed by atoms with Gasteiger partial charge >= 0.3 is 0 Å². The largest absolute Gasteiger partial charge is 0.381 e. The lowest BCUT2D eigenvalue weighted by atomic mass is 10.1. The van der Waals surface area contributed by atoms with Gasteiger partial charge in [-0.15, -0.1) is 0 Å². The molecule has 4 heteroatoms. The highest BCUT2D eigenvalue weighted by atomic mass is 32.2. The lowest BCUT2D eigenvalue weighted by Gasteiger charge is -2.24. The van der Waals surface area contributed by atoms with Crippen molar-refractivity contribution < 1.29 is 8.42 Å². The van der Waals surface area contributed by atoms with Gasteiger partial charge in [-0.25, -0.2) is 8.42 Å². The van der Waals surface area contributed by atoms with E-state index < -0.39 is 9.84 Å². The number of anilines is 1. The van der Waals surface area contributed by atoms with E-state index in [1.54, 1.807) is 0 Å². The zero-order valence-corrected chi connectivity index (χ0v) is 11.3. The molecule has 18 heavy (non-hydrogen) atoms. The van der Waals surface area contributed by atoms with E-state index in [0.29, 0.717) is 5.75 Å². The highest BCUT2D eigenvalue weighted by molar-refractivity contribution is 7.91. The second-order valence-corrected chi connectivity index (χ2v) is 7.66. The van der Waals surface area contributed by atoms with Gasteiger partial charge < -0.3 is 5.32 Å². The molecule has 0 aromatic heterocycles. The number of hydrogen-bond donors (Lipinski definition) is 1. The van der Waals surface area contributed by atoms with Gasteiger partial charge in [-0.1, -0.05) is 6.07 Å². The van der Waals surface area contributed by atoms with Crippen LogP contribution in [0.25, 0.3) is 0 Å². The number of hydrogen-bond acceptors (Lipinski definition) is 3. The van der Waals surface area contributed by atoms with E-state index in [-0.39, 0.29) is 11.8 Å². The second kappa shape index (κ2) is 4.57. The smallest absolute Gasteiger partial charge is 0.152 e. The molecule has 1 N–H and O–H groups in total. The molecule has 2 aliphatic rings. The Balaban J connectivity index is 1.73. The first-order valence-corrected chi connectivity index (χ1v) is 8.53. The molecule has 3 rings (SSSR count). The zero-order valence-electron chi connectivity index (χ0n) is 10.5. The van der Waals surface area contributed by atoms with Crippen molar-refractivity contribution >= 4 is 15.5 Å². The Morgan fingerprint density at radius 2 is 1.94 bits per heavy atom. The summed E-state index contributed by atoms with van der Waals surface area (Å²) in [5, 5.41) is 3.39. The first-order valence-electron chi connectivity index (χ1n) is 6.71. The molecule has 1 fully saturated rings. The van der Waals surface area contributed by atoms with E-state index >= 15 is 0 Å². The van der Waals surface area contributed by atoms with Crippen LogP contribution in [0.15, 0.2) is 18.2 Å². The van der Waals surface area contributed by atoms with E-state index in [2.05, 4.69) is 23.5 Å². The van der Waals surface area contributed by atoms with E-state index in [0.717, 1.165) is 24.9 Å². The molecular weight excluding hydrogens is 246 g/mol. The molecule has 0 saturated carbocycles. The molecule has 1 aliphatic carbocycles. The van der Waals surface area contributed by atoms with Crippen molar-refractivity contribution in [3.05, 3.63) is 29.3 Å². The van der Waals surface area contributed by atoms with E-state index in [4.69, 9.17) is 0 Å². The van der Waals surface area contributed by atoms with Gasteiger partial charge in [-0.3, -0.25) is 0 Å². The summed E-state index contributed by atoms with van der Waals surface area (Å²) in [7, 11) is -2.83. The Labute approximate surface area is 109 Å². The molecule has 1 heterocycles. The number of rotatable bonds is 2. The Morgan fingerprint density at radius 3 is 2.78 bits per heavy atom. The summed E-state index contributed by atoms with van der Waals surface area (Å²) >= 11 is 0. The van der Waals surface area contributed by atoms with Crippen LogP contribution in [-0.2, 0) is 22.7 Å². The third-order valence-electron chi connectivity index (χ3n) is 3.93. The van der Waals surface area contributed by atoms with Crippen LogP contribution >= 0.6 is 0 Å². The SMILES string of the molecule is O=S1(=O)CCCC(Nc2ccc3c(c2)CCC3)C1. The molecule has 1 unspecified atom stereocenters. The third kappa shape index (κ3) is 2.53. The molecule has 1 aromatic carbocycles. The molecule has 98 valence electrons. The van der Waals surface area contributed by atoms with Crippen molar-refractivity contribution in [1.82, 2.24) is 0 Å². The fraction of sp³-hybridized carbons (Fsp3) is 0.571. The Kier molecular flexibility index (Phi) is 3.06. The minimum atomic E-state index is -2.83. The normalized spacial score (nSPS) is 25.7. The van der Waals surface area contributed by atoms with Gasteiger partial charge in [0.15, 0.2) is 9.84 Å². The van der Waals surface area contributed by atoms with Crippen LogP contribution < -0.4 is 5.32 Å². The maximum atomic E-state index is 11.6. The fourth-order valence-corrected chi connectivity index (χ4v) is 4.67. The molecule has 0 amide bonds. The third-order valence-corrected chi connectivity index (χ3v) is 5.75. The van der Waals surface area contributed by atoms with Gasteiger partial charge in [0, 0.05) is 11.7 Å². The summed E-state index contributed by atoms with van der Waals surface area (Å²) in [5.41, 5.74) is 3.97. The molecule has 0 spiro atoms. The first kappa shape index (κ1) is 12.0. The second-order valence-electron chi connectivity index (χ2n) is 5.43. The van der Waals surface area contributed by atoms with Gasteiger partial charge in [0.1, 0.15) is 0 Å². The number of sulfone groups is 1. The van der Waals surface area contributed by atoms with E-state index in [1.807, 2.05) is 0 Å². The molecular formula is C14H19NO2S. The minimum absolute atomic E-state index is 0.0863. The van der Waals surface area contributed by atoms with Crippen molar-refractivity contribution in [2.24, 2.45) is 0 Å². The summed E-state index contributed by atoms with van der Waals surface area (Å²) in [6.45, 7) is 0. The van der Waals surface area contributed by atoms with Gasteiger partial charge in [-0.05, 0) is 55.4 Å². The standard InChI is InChI=1S/C14H19NO2S/c16-18(17)8-2-5-14(10-18)15-13-7-6-11-3-1-4-12(11)9-13/h6-7,9,14-15H,1-5,8,10H2. The molecule has 3 nitrogen and oxygen atoms in total. The van der Waals surface area contributed by atoms with E-state index in [9.17, 15) is 8.42 Å². The van der Waals surface area contributed by atoms with Gasteiger partial charge in [0.2, 0.25) is 0 Å². The summed E-state index contributed by atoms with van der Waals surface area (Å²) < 4.78 is 23.2. The zero-order chi connectivity index (χ0) is 12.6. The number of benzene rings is 1. The summed E-state index contributed by atoms with van der Waals surface area (Å²) in [6.07, 6.45) is 5.33. The highest BCUT2D eigenvalue weighted by Gasteiger charge is 2.24. The van der Waals surface area contributed by atoms with Crippen molar-refractivity contribution in [1.29, 1.82) is 0 Å². The van der Waals surface area contributed by atoms with Crippen LogP contribution in [0.5, 0.6) is 0 Å². The van der Waals surface area contributed by atoms with Crippen molar-refractivity contribution in [3.8, 4) is 0 Å². The van der Waals surface area contributed by atoms with Gasteiger partial charge in [0.05, 0.1) is 11.5 Å². The van der Waals surface area contributed by atoms with Crippen LogP contribution in [0.4, 0.5) is 5.69 Å². The number of nitrogens with one attached hydrogen (secondary N) is 1. The molecule has 1 aromatic rings. The molecule has 0 radical (unpaired) electrons. The average molecular weight is 265 g/mol. The monoisotopic (exact) mass is 265 g/mol. The summed E-state index contributed by atoms with van der Waals surface area (Å²) in [6, 6.07) is 6.56. The molecule has 0 bridgehead atoms. The lowest BCUT2D eigenvalue weighted by molar-refractivity contribution is 0.562. The fourth-order valence-electron chi connectivity index (χ4n) is 3.03. The molecule has 1 aliphatic heterocycles. The Bertz CT molecular complexity index is 551. The predicted molar refractivity (Wildman–Crippen MR) is 73.8 cm³/mol. The Morgan fingerprint density at radius 1 is 1.11 bits per heavy atom. The van der Waals surface area contributed by atoms with Crippen LogP contribution in [0.2, 0.25) is 0 Å². The quantitative estimate of drug-likeness (QED) is 0.891. The minimum Gasteiger partial charge on any atom is -0.381 e. The first-order chi connectivity index (χ1) is 8.62. The highest BCUT2D eigenvalue weighted by Crippen LogP contribution is 2.26. The van der Waals surface area contributed by atoms with Gasteiger partial charge in [0.25, 0.3) is 0 Å². The maximum Gasteiger partial charge on any atom is 0.152 e. The maximum absolute atomic E-state index is 11.6. The number of aryl methyl sites for hydroxylation is 2. The Hall–Kier alpha value is -1.03. The average Bonchev–Trinajstić information content (AvgIpc) is 2.74. The topological polar surface area (TPSA) is 46.2 Å². The lowest BCUT2D eigenvalue weighted by Crippen LogP contribution is -2.34. The predicted octanol–water partition coefficient (Wildman–Crippen LogP) is 2.16. The van der Waals surface area contributed by atoms with Crippen LogP contribution in [-0.4, -0.2) is 26.0 Å². The summed E-state index contributed by atoms with van der Waals surface area (Å²) in [4.78, 5) is 0. The summed E-state index contributed by atoms with van der Waals surface area (Å²) in [5.74, 6) is 0.638. The van der Waals surface area contributed by atoms with Crippen molar-refractivity contribution in [2.75, 3.05) is 16.8 Å². The van der Waals surface area contributed by atoms with Crippen LogP contribution in [0, 0.1) is 0 Å². The van der Waals surface area contributed by atoms with E-state index in [1.165, 1.54) is 24.0 Å².